The number of hydrogen-bond acceptors (Lipinski definition) is 1. The molecule has 0 amide bonds. The average molecular weight is 304 g/mol. The molecule has 0 aromatic heterocycles. The van der Waals surface area contributed by atoms with Crippen molar-refractivity contribution in [1.82, 2.24) is 0 Å². The molecule has 5 heteroatoms. The van der Waals surface area contributed by atoms with E-state index in [1.807, 2.05) is 0 Å². The van der Waals surface area contributed by atoms with Gasteiger partial charge in [0.05, 0.1) is 15.6 Å². The molecule has 18 heavy (non-hydrogen) atoms. The molecule has 0 bridgehead atoms. The van der Waals surface area contributed by atoms with Crippen LogP contribution < -0.4 is 0 Å². The first kappa shape index (κ1) is 13.3. The molecule has 0 radical (unpaired) electrons. The lowest BCUT2D eigenvalue weighted by molar-refractivity contribution is 0.103. The number of benzene rings is 2. The summed E-state index contributed by atoms with van der Waals surface area (Å²) in [7, 11) is 0. The van der Waals surface area contributed by atoms with Gasteiger partial charge >= 0.3 is 0 Å². The molecule has 1 nitrogen and oxygen atoms in total. The zero-order chi connectivity index (χ0) is 13.3. The Hall–Kier alpha value is -1.09. The van der Waals surface area contributed by atoms with Crippen LogP contribution in [-0.4, -0.2) is 5.78 Å². The van der Waals surface area contributed by atoms with Crippen molar-refractivity contribution >= 4 is 40.6 Å². The lowest BCUT2D eigenvalue weighted by Gasteiger charge is -2.06. The quantitative estimate of drug-likeness (QED) is 0.712. The van der Waals surface area contributed by atoms with Crippen molar-refractivity contribution in [3.63, 3.8) is 0 Å². The van der Waals surface area contributed by atoms with E-state index in [0.717, 1.165) is 0 Å². The second-order valence-electron chi connectivity index (χ2n) is 3.55. The van der Waals surface area contributed by atoms with E-state index < -0.39 is 11.6 Å². The third-order valence-electron chi connectivity index (χ3n) is 2.37. The largest absolute Gasteiger partial charge is 0.288 e. The molecule has 0 spiro atoms. The first-order chi connectivity index (χ1) is 8.50. The number of halogens is 4. The van der Waals surface area contributed by atoms with Crippen molar-refractivity contribution in [3.8, 4) is 0 Å². The highest BCUT2D eigenvalue weighted by molar-refractivity contribution is 6.37. The molecule has 2 aromatic rings. The Bertz CT molecular complexity index is 626. The van der Waals surface area contributed by atoms with E-state index in [4.69, 9.17) is 34.8 Å². The van der Waals surface area contributed by atoms with Crippen LogP contribution in [0.1, 0.15) is 15.9 Å². The Morgan fingerprint density at radius 2 is 1.67 bits per heavy atom. The summed E-state index contributed by atoms with van der Waals surface area (Å²) in [6.45, 7) is 0. The topological polar surface area (TPSA) is 17.1 Å². The van der Waals surface area contributed by atoms with Gasteiger partial charge in [0, 0.05) is 10.6 Å². The Kier molecular flexibility index (Phi) is 3.91. The fourth-order valence-corrected chi connectivity index (χ4v) is 2.17. The molecule has 0 aliphatic heterocycles. The predicted octanol–water partition coefficient (Wildman–Crippen LogP) is 5.02. The fraction of sp³-hybridized carbons (Fsp3) is 0. The van der Waals surface area contributed by atoms with Crippen molar-refractivity contribution in [2.75, 3.05) is 0 Å². The van der Waals surface area contributed by atoms with Crippen LogP contribution in [0.4, 0.5) is 4.39 Å². The van der Waals surface area contributed by atoms with Crippen LogP contribution in [0.5, 0.6) is 0 Å². The van der Waals surface area contributed by atoms with E-state index in [1.54, 1.807) is 0 Å². The second kappa shape index (κ2) is 5.27. The maximum atomic E-state index is 13.7. The molecule has 0 fully saturated rings. The maximum Gasteiger partial charge on any atom is 0.197 e. The molecule has 0 aliphatic carbocycles. The highest BCUT2D eigenvalue weighted by Crippen LogP contribution is 2.26. The van der Waals surface area contributed by atoms with Crippen molar-refractivity contribution in [3.05, 3.63) is 68.4 Å². The molecular weight excluding hydrogens is 297 g/mol. The third-order valence-corrected chi connectivity index (χ3v) is 3.21. The molecular formula is C13H6Cl3FO. The minimum atomic E-state index is -0.754. The monoisotopic (exact) mass is 302 g/mol. The number of carbonyl (C=O) groups is 1. The number of ketones is 1. The molecule has 0 unspecified atom stereocenters. The van der Waals surface area contributed by atoms with E-state index in [9.17, 15) is 9.18 Å². The minimum absolute atomic E-state index is 0.106. The van der Waals surface area contributed by atoms with Crippen LogP contribution in [0.25, 0.3) is 0 Å². The molecule has 0 saturated heterocycles. The summed E-state index contributed by atoms with van der Waals surface area (Å²) in [5.41, 5.74) is 0.0638. The number of carbonyl (C=O) groups excluding carboxylic acids is 1. The summed E-state index contributed by atoms with van der Waals surface area (Å²) >= 11 is 17.3. The van der Waals surface area contributed by atoms with Crippen molar-refractivity contribution in [2.24, 2.45) is 0 Å². The van der Waals surface area contributed by atoms with Gasteiger partial charge in [-0.15, -0.1) is 0 Å². The Balaban J connectivity index is 2.51. The summed E-state index contributed by atoms with van der Waals surface area (Å²) in [5.74, 6) is -1.29. The van der Waals surface area contributed by atoms with Crippen molar-refractivity contribution < 1.29 is 9.18 Å². The Morgan fingerprint density at radius 3 is 2.33 bits per heavy atom. The minimum Gasteiger partial charge on any atom is -0.288 e. The predicted molar refractivity (Wildman–Crippen MR) is 71.3 cm³/mol. The zero-order valence-electron chi connectivity index (χ0n) is 8.88. The van der Waals surface area contributed by atoms with Crippen molar-refractivity contribution in [2.45, 2.75) is 0 Å². The van der Waals surface area contributed by atoms with Gasteiger partial charge in [0.15, 0.2) is 11.6 Å². The number of hydrogen-bond donors (Lipinski definition) is 0. The first-order valence-corrected chi connectivity index (χ1v) is 6.08. The lowest BCUT2D eigenvalue weighted by atomic mass is 10.0. The van der Waals surface area contributed by atoms with Crippen LogP contribution >= 0.6 is 34.8 Å². The summed E-state index contributed by atoms with van der Waals surface area (Å²) in [5, 5.41) is 0.473. The third kappa shape index (κ3) is 2.51. The Labute approximate surface area is 118 Å². The second-order valence-corrected chi connectivity index (χ2v) is 4.81. The smallest absolute Gasteiger partial charge is 0.197 e. The average Bonchev–Trinajstić information content (AvgIpc) is 2.32. The van der Waals surface area contributed by atoms with Gasteiger partial charge in [-0.1, -0.05) is 40.9 Å². The van der Waals surface area contributed by atoms with Gasteiger partial charge in [-0.25, -0.2) is 4.39 Å². The number of rotatable bonds is 2. The Morgan fingerprint density at radius 1 is 0.944 bits per heavy atom. The van der Waals surface area contributed by atoms with Crippen LogP contribution in [0.2, 0.25) is 15.1 Å². The van der Waals surface area contributed by atoms with Gasteiger partial charge in [0.2, 0.25) is 0 Å². The van der Waals surface area contributed by atoms with Crippen LogP contribution in [-0.2, 0) is 0 Å². The van der Waals surface area contributed by atoms with E-state index in [1.165, 1.54) is 36.4 Å². The lowest BCUT2D eigenvalue weighted by Crippen LogP contribution is -2.05. The van der Waals surface area contributed by atoms with Gasteiger partial charge in [-0.3, -0.25) is 4.79 Å². The van der Waals surface area contributed by atoms with Crippen LogP contribution in [0.3, 0.4) is 0 Å². The maximum absolute atomic E-state index is 13.7. The van der Waals surface area contributed by atoms with E-state index >= 15 is 0 Å². The summed E-state index contributed by atoms with van der Waals surface area (Å²) < 4.78 is 13.7. The standard InChI is InChI=1S/C13H6Cl3FO/c14-7-4-5-8(11(16)6-7)13(18)9-2-1-3-10(15)12(9)17/h1-6H. The molecule has 0 N–H and O–H groups in total. The summed E-state index contributed by atoms with van der Waals surface area (Å²) in [4.78, 5) is 12.1. The zero-order valence-corrected chi connectivity index (χ0v) is 11.2. The molecule has 2 rings (SSSR count). The molecule has 92 valence electrons. The normalized spacial score (nSPS) is 10.4. The van der Waals surface area contributed by atoms with E-state index in [0.29, 0.717) is 5.02 Å². The first-order valence-electron chi connectivity index (χ1n) is 4.94. The summed E-state index contributed by atoms with van der Waals surface area (Å²) in [6, 6.07) is 8.63. The molecule has 0 aliphatic rings. The summed E-state index contributed by atoms with van der Waals surface area (Å²) in [6.07, 6.45) is 0. The molecule has 0 heterocycles. The van der Waals surface area contributed by atoms with Crippen LogP contribution in [0.15, 0.2) is 36.4 Å². The van der Waals surface area contributed by atoms with Crippen LogP contribution in [0, 0.1) is 5.82 Å². The highest BCUT2D eigenvalue weighted by Gasteiger charge is 2.18. The van der Waals surface area contributed by atoms with E-state index in [2.05, 4.69) is 0 Å². The fourth-order valence-electron chi connectivity index (χ4n) is 1.50. The highest BCUT2D eigenvalue weighted by atomic mass is 35.5. The molecule has 2 aromatic carbocycles. The molecule has 0 saturated carbocycles. The molecule has 0 atom stereocenters. The van der Waals surface area contributed by atoms with Gasteiger partial charge in [-0.2, -0.15) is 0 Å². The van der Waals surface area contributed by atoms with Gasteiger partial charge in [0.25, 0.3) is 0 Å². The van der Waals surface area contributed by atoms with Gasteiger partial charge in [0.1, 0.15) is 0 Å². The van der Waals surface area contributed by atoms with Crippen molar-refractivity contribution in [1.29, 1.82) is 0 Å². The van der Waals surface area contributed by atoms with E-state index in [-0.39, 0.29) is 21.2 Å². The van der Waals surface area contributed by atoms with Gasteiger partial charge < -0.3 is 0 Å². The SMILES string of the molecule is O=C(c1ccc(Cl)cc1Cl)c1cccc(Cl)c1F. The van der Waals surface area contributed by atoms with Gasteiger partial charge in [-0.05, 0) is 30.3 Å².